The van der Waals surface area contributed by atoms with Gasteiger partial charge in [0, 0.05) is 35.7 Å². The van der Waals surface area contributed by atoms with Crippen molar-refractivity contribution in [2.24, 2.45) is 7.05 Å². The van der Waals surface area contributed by atoms with Crippen molar-refractivity contribution >= 4 is 10.9 Å². The van der Waals surface area contributed by atoms with Gasteiger partial charge in [0.05, 0.1) is 6.61 Å². The van der Waals surface area contributed by atoms with Crippen molar-refractivity contribution in [1.82, 2.24) is 9.88 Å². The first-order chi connectivity index (χ1) is 9.02. The summed E-state index contributed by atoms with van der Waals surface area (Å²) >= 11 is 0. The molecule has 0 amide bonds. The number of hydrogen-bond acceptors (Lipinski definition) is 2. The van der Waals surface area contributed by atoms with E-state index >= 15 is 0 Å². The Morgan fingerprint density at radius 1 is 1.32 bits per heavy atom. The second-order valence-corrected chi connectivity index (χ2v) is 5.57. The van der Waals surface area contributed by atoms with Gasteiger partial charge in [0.2, 0.25) is 0 Å². The number of rotatable bonds is 5. The molecule has 0 fully saturated rings. The third-order valence-corrected chi connectivity index (χ3v) is 4.32. The van der Waals surface area contributed by atoms with E-state index < -0.39 is 0 Å². The molecule has 2 N–H and O–H groups in total. The van der Waals surface area contributed by atoms with Crippen LogP contribution in [0.1, 0.15) is 31.5 Å². The van der Waals surface area contributed by atoms with Crippen molar-refractivity contribution in [1.29, 1.82) is 0 Å². The van der Waals surface area contributed by atoms with Crippen LogP contribution in [0.5, 0.6) is 0 Å². The number of fused-ring (bicyclic) bond motifs is 1. The van der Waals surface area contributed by atoms with Crippen molar-refractivity contribution < 1.29 is 5.11 Å². The van der Waals surface area contributed by atoms with Crippen LogP contribution in [0.4, 0.5) is 0 Å². The van der Waals surface area contributed by atoms with Crippen LogP contribution in [0, 0.1) is 6.92 Å². The number of nitrogens with zero attached hydrogens (tertiary/aromatic N) is 1. The van der Waals surface area contributed by atoms with Crippen molar-refractivity contribution in [3.05, 3.63) is 35.5 Å². The lowest BCUT2D eigenvalue weighted by atomic mass is 10.00. The molecule has 2 rings (SSSR count). The summed E-state index contributed by atoms with van der Waals surface area (Å²) in [6.45, 7) is 7.26. The molecule has 1 aromatic heterocycles. The molecule has 1 unspecified atom stereocenters. The highest BCUT2D eigenvalue weighted by Crippen LogP contribution is 2.24. The minimum Gasteiger partial charge on any atom is -0.394 e. The van der Waals surface area contributed by atoms with Crippen LogP contribution < -0.4 is 5.32 Å². The minimum atomic E-state index is -0.205. The number of hydrogen-bond donors (Lipinski definition) is 2. The Morgan fingerprint density at radius 3 is 2.58 bits per heavy atom. The highest BCUT2D eigenvalue weighted by atomic mass is 16.3. The Hall–Kier alpha value is -1.32. The zero-order valence-electron chi connectivity index (χ0n) is 12.3. The minimum absolute atomic E-state index is 0.159. The van der Waals surface area contributed by atoms with E-state index in [1.54, 1.807) is 0 Å². The van der Waals surface area contributed by atoms with E-state index in [4.69, 9.17) is 0 Å². The number of aliphatic hydroxyl groups is 1. The second-order valence-electron chi connectivity index (χ2n) is 5.57. The lowest BCUT2D eigenvalue weighted by molar-refractivity contribution is 0.168. The molecule has 0 aliphatic carbocycles. The van der Waals surface area contributed by atoms with Crippen molar-refractivity contribution in [3.8, 4) is 0 Å². The highest BCUT2D eigenvalue weighted by molar-refractivity contribution is 5.85. The van der Waals surface area contributed by atoms with Gasteiger partial charge in [-0.1, -0.05) is 25.1 Å². The molecular formula is C16H24N2O. The van der Waals surface area contributed by atoms with E-state index in [2.05, 4.69) is 62.0 Å². The molecule has 104 valence electrons. The highest BCUT2D eigenvalue weighted by Gasteiger charge is 2.21. The van der Waals surface area contributed by atoms with E-state index in [9.17, 15) is 5.11 Å². The van der Waals surface area contributed by atoms with Crippen molar-refractivity contribution in [3.63, 3.8) is 0 Å². The van der Waals surface area contributed by atoms with Gasteiger partial charge in [0.25, 0.3) is 0 Å². The van der Waals surface area contributed by atoms with Crippen LogP contribution >= 0.6 is 0 Å². The first-order valence-corrected chi connectivity index (χ1v) is 6.91. The fourth-order valence-corrected chi connectivity index (χ4v) is 2.48. The fraction of sp³-hybridized carbons (Fsp3) is 0.500. The molecule has 0 aliphatic heterocycles. The van der Waals surface area contributed by atoms with Crippen LogP contribution in [0.25, 0.3) is 10.9 Å². The summed E-state index contributed by atoms with van der Waals surface area (Å²) < 4.78 is 2.24. The maximum absolute atomic E-state index is 9.47. The molecule has 3 nitrogen and oxygen atoms in total. The normalized spacial score (nSPS) is 14.8. The zero-order valence-corrected chi connectivity index (χ0v) is 12.3. The molecule has 1 aromatic carbocycles. The van der Waals surface area contributed by atoms with Gasteiger partial charge in [-0.25, -0.2) is 0 Å². The predicted molar refractivity (Wildman–Crippen MR) is 80.3 cm³/mol. The molecule has 0 bridgehead atoms. The summed E-state index contributed by atoms with van der Waals surface area (Å²) in [5.41, 5.74) is 3.67. The van der Waals surface area contributed by atoms with E-state index in [1.807, 2.05) is 0 Å². The molecule has 0 spiro atoms. The van der Waals surface area contributed by atoms with Crippen LogP contribution in [0.3, 0.4) is 0 Å². The summed E-state index contributed by atoms with van der Waals surface area (Å²) in [6.07, 6.45) is 0.909. The third kappa shape index (κ3) is 2.53. The van der Waals surface area contributed by atoms with Gasteiger partial charge >= 0.3 is 0 Å². The van der Waals surface area contributed by atoms with Crippen molar-refractivity contribution in [2.75, 3.05) is 6.61 Å². The molecule has 2 aromatic rings. The Labute approximate surface area is 115 Å². The molecule has 0 saturated heterocycles. The van der Waals surface area contributed by atoms with Crippen LogP contribution in [-0.4, -0.2) is 21.8 Å². The van der Waals surface area contributed by atoms with E-state index in [0.717, 1.165) is 13.0 Å². The number of aryl methyl sites for hydroxylation is 2. The summed E-state index contributed by atoms with van der Waals surface area (Å²) in [7, 11) is 2.11. The van der Waals surface area contributed by atoms with E-state index in [1.165, 1.54) is 22.2 Å². The maximum Gasteiger partial charge on any atom is 0.0610 e. The van der Waals surface area contributed by atoms with Crippen LogP contribution in [0.2, 0.25) is 0 Å². The van der Waals surface area contributed by atoms with Gasteiger partial charge in [0.15, 0.2) is 0 Å². The summed E-state index contributed by atoms with van der Waals surface area (Å²) in [4.78, 5) is 0. The SMILES string of the molecule is CCC(C)(CO)NCc1c(C)c2ccccc2n1C. The number of para-hydroxylation sites is 1. The smallest absolute Gasteiger partial charge is 0.0610 e. The average molecular weight is 260 g/mol. The quantitative estimate of drug-likeness (QED) is 0.867. The molecule has 0 saturated carbocycles. The number of benzene rings is 1. The van der Waals surface area contributed by atoms with Gasteiger partial charge in [-0.2, -0.15) is 0 Å². The van der Waals surface area contributed by atoms with Crippen molar-refractivity contribution in [2.45, 2.75) is 39.3 Å². The monoisotopic (exact) mass is 260 g/mol. The first-order valence-electron chi connectivity index (χ1n) is 6.91. The largest absolute Gasteiger partial charge is 0.394 e. The lowest BCUT2D eigenvalue weighted by Gasteiger charge is -2.27. The summed E-state index contributed by atoms with van der Waals surface area (Å²) in [5.74, 6) is 0. The van der Waals surface area contributed by atoms with Gasteiger partial charge in [-0.3, -0.25) is 0 Å². The molecule has 3 heteroatoms. The molecule has 19 heavy (non-hydrogen) atoms. The molecule has 1 atom stereocenters. The zero-order chi connectivity index (χ0) is 14.0. The molecular weight excluding hydrogens is 236 g/mol. The second kappa shape index (κ2) is 5.35. The Morgan fingerprint density at radius 2 is 2.00 bits per heavy atom. The molecule has 1 heterocycles. The molecule has 0 aliphatic rings. The fourth-order valence-electron chi connectivity index (χ4n) is 2.48. The first kappa shape index (κ1) is 14.1. The van der Waals surface area contributed by atoms with Gasteiger partial charge in [-0.05, 0) is 31.9 Å². The Balaban J connectivity index is 2.31. The predicted octanol–water partition coefficient (Wildman–Crippen LogP) is 2.74. The van der Waals surface area contributed by atoms with Crippen LogP contribution in [-0.2, 0) is 13.6 Å². The van der Waals surface area contributed by atoms with E-state index in [-0.39, 0.29) is 12.1 Å². The Kier molecular flexibility index (Phi) is 3.97. The number of aliphatic hydroxyl groups excluding tert-OH is 1. The number of aromatic nitrogens is 1. The lowest BCUT2D eigenvalue weighted by Crippen LogP contribution is -2.44. The van der Waals surface area contributed by atoms with Gasteiger partial charge in [-0.15, -0.1) is 0 Å². The van der Waals surface area contributed by atoms with Gasteiger partial charge < -0.3 is 15.0 Å². The Bertz CT molecular complexity index is 528. The standard InChI is InChI=1S/C16H24N2O/c1-5-16(3,11-19)17-10-15-12(2)13-8-6-7-9-14(13)18(15)4/h6-9,17,19H,5,10-11H2,1-4H3. The van der Waals surface area contributed by atoms with Gasteiger partial charge in [0.1, 0.15) is 0 Å². The molecule has 0 radical (unpaired) electrons. The van der Waals surface area contributed by atoms with E-state index in [0.29, 0.717) is 0 Å². The average Bonchev–Trinajstić information content (AvgIpc) is 2.69. The van der Waals surface area contributed by atoms with Crippen LogP contribution in [0.15, 0.2) is 24.3 Å². The maximum atomic E-state index is 9.47. The summed E-state index contributed by atoms with van der Waals surface area (Å²) in [6, 6.07) is 8.47. The number of nitrogens with one attached hydrogen (secondary N) is 1. The third-order valence-electron chi connectivity index (χ3n) is 4.32. The summed E-state index contributed by atoms with van der Waals surface area (Å²) in [5, 5.41) is 14.3. The topological polar surface area (TPSA) is 37.2 Å².